The van der Waals surface area contributed by atoms with Gasteiger partial charge in [-0.25, -0.2) is 0 Å². The molecule has 10 nitrogen and oxygen atoms in total. The first kappa shape index (κ1) is 18.4. The van der Waals surface area contributed by atoms with Gasteiger partial charge in [-0.1, -0.05) is 0 Å². The number of carbonyl (C=O) groups is 1. The molecule has 27 heavy (non-hydrogen) atoms. The minimum absolute atomic E-state index is 0.101. The molecule has 0 fully saturated rings. The van der Waals surface area contributed by atoms with Crippen LogP contribution >= 0.6 is 0 Å². The molecule has 1 amide bonds. The van der Waals surface area contributed by atoms with Crippen LogP contribution in [0.5, 0.6) is 0 Å². The van der Waals surface area contributed by atoms with Crippen LogP contribution in [0, 0.1) is 17.0 Å². The Bertz CT molecular complexity index is 970. The summed E-state index contributed by atoms with van der Waals surface area (Å²) in [5, 5.41) is 21.9. The van der Waals surface area contributed by atoms with Gasteiger partial charge >= 0.3 is 5.69 Å². The Morgan fingerprint density at radius 1 is 1.37 bits per heavy atom. The molecule has 3 aromatic heterocycles. The molecule has 3 aromatic rings. The van der Waals surface area contributed by atoms with Crippen LogP contribution in [0.3, 0.4) is 0 Å². The number of aromatic nitrogens is 4. The highest BCUT2D eigenvalue weighted by Gasteiger charge is 2.18. The Hall–Kier alpha value is -3.43. The molecule has 1 atom stereocenters. The highest BCUT2D eigenvalue weighted by molar-refractivity contribution is 5.91. The van der Waals surface area contributed by atoms with Crippen LogP contribution in [0.15, 0.2) is 35.1 Å². The van der Waals surface area contributed by atoms with E-state index in [9.17, 15) is 14.9 Å². The molecular formula is C17H20N6O4. The van der Waals surface area contributed by atoms with Crippen molar-refractivity contribution in [3.63, 3.8) is 0 Å². The third kappa shape index (κ3) is 4.05. The van der Waals surface area contributed by atoms with Gasteiger partial charge in [-0.15, -0.1) is 0 Å². The summed E-state index contributed by atoms with van der Waals surface area (Å²) in [7, 11) is 0. The first-order chi connectivity index (χ1) is 12.9. The summed E-state index contributed by atoms with van der Waals surface area (Å²) < 4.78 is 8.75. The Morgan fingerprint density at radius 2 is 2.15 bits per heavy atom. The zero-order chi connectivity index (χ0) is 19.6. The number of rotatable bonds is 7. The van der Waals surface area contributed by atoms with Crippen LogP contribution < -0.4 is 5.32 Å². The highest BCUT2D eigenvalue weighted by atomic mass is 16.6. The van der Waals surface area contributed by atoms with Gasteiger partial charge in [0.15, 0.2) is 5.76 Å². The Labute approximate surface area is 154 Å². The van der Waals surface area contributed by atoms with E-state index < -0.39 is 4.92 Å². The van der Waals surface area contributed by atoms with Crippen molar-refractivity contribution < 1.29 is 14.1 Å². The van der Waals surface area contributed by atoms with Crippen LogP contribution in [0.25, 0.3) is 0 Å². The maximum atomic E-state index is 12.4. The lowest BCUT2D eigenvalue weighted by Crippen LogP contribution is -2.26. The van der Waals surface area contributed by atoms with Crippen LogP contribution in [-0.2, 0) is 13.1 Å². The topological polar surface area (TPSA) is 121 Å². The number of hydrogen-bond donors (Lipinski definition) is 1. The van der Waals surface area contributed by atoms with Gasteiger partial charge in [0, 0.05) is 18.3 Å². The summed E-state index contributed by atoms with van der Waals surface area (Å²) in [6, 6.07) is 2.99. The number of nitro groups is 1. The van der Waals surface area contributed by atoms with Gasteiger partial charge in [0.05, 0.1) is 23.2 Å². The van der Waals surface area contributed by atoms with Crippen molar-refractivity contribution in [3.05, 3.63) is 63.6 Å². The number of nitrogens with zero attached hydrogens (tertiary/aromatic N) is 5. The second-order valence-corrected chi connectivity index (χ2v) is 6.14. The number of carbonyl (C=O) groups excluding carboxylic acids is 1. The quantitative estimate of drug-likeness (QED) is 0.502. The molecule has 0 bridgehead atoms. The minimum Gasteiger partial charge on any atom is -0.454 e. The molecule has 0 saturated heterocycles. The summed E-state index contributed by atoms with van der Waals surface area (Å²) in [5.74, 6) is 0.295. The molecule has 1 unspecified atom stereocenters. The number of hydrogen-bond acceptors (Lipinski definition) is 6. The fourth-order valence-corrected chi connectivity index (χ4v) is 2.74. The summed E-state index contributed by atoms with van der Waals surface area (Å²) in [4.78, 5) is 22.6. The Kier molecular flexibility index (Phi) is 5.06. The fraction of sp³-hybridized carbons (Fsp3) is 0.353. The van der Waals surface area contributed by atoms with E-state index in [0.717, 1.165) is 24.0 Å². The summed E-state index contributed by atoms with van der Waals surface area (Å²) in [5.41, 5.74) is 1.71. The third-order valence-electron chi connectivity index (χ3n) is 4.16. The van der Waals surface area contributed by atoms with E-state index in [1.165, 1.54) is 10.9 Å². The monoisotopic (exact) mass is 372 g/mol. The first-order valence-electron chi connectivity index (χ1n) is 8.47. The standard InChI is InChI=1S/C17H20N6O4/c1-4-21-10-15(12(3)20-21)11(2)19-17(24)16-6-5-14(27-16)9-22-8-13(7-18-22)23(25)26/h5-8,10-11H,4,9H2,1-3H3,(H,19,24). The maximum absolute atomic E-state index is 12.4. The smallest absolute Gasteiger partial charge is 0.307 e. The average molecular weight is 372 g/mol. The zero-order valence-corrected chi connectivity index (χ0v) is 15.2. The van der Waals surface area contributed by atoms with E-state index >= 15 is 0 Å². The number of nitrogens with one attached hydrogen (secondary N) is 1. The normalized spacial score (nSPS) is 12.1. The molecule has 0 aliphatic rings. The summed E-state index contributed by atoms with van der Waals surface area (Å²) >= 11 is 0. The van der Waals surface area contributed by atoms with E-state index in [0.29, 0.717) is 5.76 Å². The predicted molar refractivity (Wildman–Crippen MR) is 95.2 cm³/mol. The van der Waals surface area contributed by atoms with Crippen molar-refractivity contribution in [2.75, 3.05) is 0 Å². The van der Waals surface area contributed by atoms with Gasteiger partial charge in [0.2, 0.25) is 0 Å². The lowest BCUT2D eigenvalue weighted by molar-refractivity contribution is -0.385. The van der Waals surface area contributed by atoms with Gasteiger partial charge in [0.25, 0.3) is 5.91 Å². The molecular weight excluding hydrogens is 352 g/mol. The van der Waals surface area contributed by atoms with Gasteiger partial charge in [-0.05, 0) is 32.9 Å². The van der Waals surface area contributed by atoms with Crippen LogP contribution in [0.1, 0.15) is 47.5 Å². The van der Waals surface area contributed by atoms with Crippen molar-refractivity contribution in [1.29, 1.82) is 0 Å². The Morgan fingerprint density at radius 3 is 2.78 bits per heavy atom. The fourth-order valence-electron chi connectivity index (χ4n) is 2.74. The van der Waals surface area contributed by atoms with Gasteiger partial charge < -0.3 is 9.73 Å². The second-order valence-electron chi connectivity index (χ2n) is 6.14. The zero-order valence-electron chi connectivity index (χ0n) is 15.2. The maximum Gasteiger partial charge on any atom is 0.307 e. The summed E-state index contributed by atoms with van der Waals surface area (Å²) in [6.45, 7) is 6.73. The van der Waals surface area contributed by atoms with E-state index in [4.69, 9.17) is 4.42 Å². The molecule has 0 aromatic carbocycles. The van der Waals surface area contributed by atoms with Gasteiger partial charge in [-0.2, -0.15) is 10.2 Å². The molecule has 10 heteroatoms. The lowest BCUT2D eigenvalue weighted by atomic mass is 10.1. The van der Waals surface area contributed by atoms with Crippen molar-refractivity contribution in [3.8, 4) is 0 Å². The van der Waals surface area contributed by atoms with E-state index in [2.05, 4.69) is 15.5 Å². The van der Waals surface area contributed by atoms with Gasteiger partial charge in [-0.3, -0.25) is 24.3 Å². The van der Waals surface area contributed by atoms with Gasteiger partial charge in [0.1, 0.15) is 18.2 Å². The van der Waals surface area contributed by atoms with Crippen LogP contribution in [-0.4, -0.2) is 30.4 Å². The van der Waals surface area contributed by atoms with Crippen molar-refractivity contribution in [2.45, 2.75) is 39.9 Å². The lowest BCUT2D eigenvalue weighted by Gasteiger charge is -2.12. The van der Waals surface area contributed by atoms with Crippen molar-refractivity contribution >= 4 is 11.6 Å². The highest BCUT2D eigenvalue weighted by Crippen LogP contribution is 2.18. The van der Waals surface area contributed by atoms with Crippen molar-refractivity contribution in [2.24, 2.45) is 0 Å². The predicted octanol–water partition coefficient (Wildman–Crippen LogP) is 2.45. The Balaban J connectivity index is 1.65. The van der Waals surface area contributed by atoms with Crippen LogP contribution in [0.4, 0.5) is 5.69 Å². The molecule has 142 valence electrons. The largest absolute Gasteiger partial charge is 0.454 e. The number of aryl methyl sites for hydroxylation is 2. The number of amides is 1. The van der Waals surface area contributed by atoms with E-state index in [1.807, 2.05) is 31.6 Å². The number of furan rings is 1. The molecule has 1 N–H and O–H groups in total. The van der Waals surface area contributed by atoms with Crippen molar-refractivity contribution in [1.82, 2.24) is 24.9 Å². The van der Waals surface area contributed by atoms with E-state index in [1.54, 1.807) is 12.1 Å². The van der Waals surface area contributed by atoms with Crippen LogP contribution in [0.2, 0.25) is 0 Å². The average Bonchev–Trinajstić information content (AvgIpc) is 3.34. The molecule has 0 spiro atoms. The molecule has 0 aliphatic carbocycles. The third-order valence-corrected chi connectivity index (χ3v) is 4.16. The molecule has 0 aliphatic heterocycles. The molecule has 3 heterocycles. The molecule has 0 radical (unpaired) electrons. The first-order valence-corrected chi connectivity index (χ1v) is 8.47. The molecule has 3 rings (SSSR count). The van der Waals surface area contributed by atoms with E-state index in [-0.39, 0.29) is 29.9 Å². The summed E-state index contributed by atoms with van der Waals surface area (Å²) in [6.07, 6.45) is 4.38. The molecule has 0 saturated carbocycles. The second kappa shape index (κ2) is 7.44. The SMILES string of the molecule is CCn1cc(C(C)NC(=O)c2ccc(Cn3cc([N+](=O)[O-])cn3)o2)c(C)n1. The minimum atomic E-state index is -0.519.